The molecule has 5 rings (SSSR count). The van der Waals surface area contributed by atoms with Crippen molar-refractivity contribution in [2.75, 3.05) is 23.0 Å². The van der Waals surface area contributed by atoms with Crippen molar-refractivity contribution in [3.05, 3.63) is 86.4 Å². The minimum absolute atomic E-state index is 0.147. The highest BCUT2D eigenvalue weighted by Gasteiger charge is 2.44. The average Bonchev–Trinajstić information content (AvgIpc) is 3.85. The molecular weight excluding hydrogens is 591 g/mol. The highest BCUT2D eigenvalue weighted by Crippen LogP contribution is 2.41. The third kappa shape index (κ3) is 8.23. The second-order valence-electron chi connectivity index (χ2n) is 8.68. The Hall–Kier alpha value is -2.53. The number of hydrogen-bond donors (Lipinski definition) is 3. The third-order valence-electron chi connectivity index (χ3n) is 5.56. The van der Waals surface area contributed by atoms with Crippen LogP contribution < -0.4 is 16.4 Å². The Morgan fingerprint density at radius 1 is 0.769 bits per heavy atom. The van der Waals surface area contributed by atoms with E-state index in [1.165, 1.54) is 12.1 Å². The van der Waals surface area contributed by atoms with E-state index in [-0.39, 0.29) is 17.1 Å². The van der Waals surface area contributed by atoms with Crippen molar-refractivity contribution in [1.29, 1.82) is 0 Å². The molecule has 0 unspecified atom stereocenters. The zero-order valence-corrected chi connectivity index (χ0v) is 22.7. The van der Waals surface area contributed by atoms with E-state index in [2.05, 4.69) is 10.6 Å². The predicted octanol–water partition coefficient (Wildman–Crippen LogP) is 8.95. The van der Waals surface area contributed by atoms with Crippen LogP contribution in [-0.2, 0) is 4.74 Å². The summed E-state index contributed by atoms with van der Waals surface area (Å²) in [6.07, 6.45) is 3.70. The largest absolute Gasteiger partial charge is 0.396 e. The SMILES string of the molecule is CCOC1(Nc2ccc(F)c(Cl)c2F)CC1.Fc1ccc(NC2CC2)c(F)c1Cl.Nc1ccc(F)c(Cl)c1F. The van der Waals surface area contributed by atoms with Crippen LogP contribution in [-0.4, -0.2) is 18.4 Å². The van der Waals surface area contributed by atoms with Gasteiger partial charge < -0.3 is 21.1 Å². The monoisotopic (exact) mass is 613 g/mol. The first-order chi connectivity index (χ1) is 18.4. The standard InChI is InChI=1S/C11H12ClF2NO.C9H8ClF2N.C6H4ClF2N/c1-2-16-11(5-6-11)15-8-4-3-7(13)9(12)10(8)14;10-8-6(11)3-4-7(9(8)12)13-5-1-2-5;7-5-3(8)1-2-4(10)6(5)9/h3-4,15H,2,5-6H2,1H3;3-5,13H,1-2H2;1-2H,10H2. The minimum atomic E-state index is -0.901. The minimum Gasteiger partial charge on any atom is -0.396 e. The van der Waals surface area contributed by atoms with Gasteiger partial charge in [0.15, 0.2) is 17.5 Å². The second kappa shape index (κ2) is 13.2. The molecule has 0 heterocycles. The van der Waals surface area contributed by atoms with Gasteiger partial charge in [-0.3, -0.25) is 0 Å². The molecule has 0 saturated heterocycles. The van der Waals surface area contributed by atoms with Crippen LogP contribution in [0.25, 0.3) is 0 Å². The van der Waals surface area contributed by atoms with Crippen LogP contribution in [0, 0.1) is 34.9 Å². The number of nitrogens with one attached hydrogen (secondary N) is 2. The fraction of sp³-hybridized carbons (Fsp3) is 0.308. The number of halogens is 9. The van der Waals surface area contributed by atoms with E-state index in [1.807, 2.05) is 6.92 Å². The lowest BCUT2D eigenvalue weighted by Crippen LogP contribution is -2.25. The van der Waals surface area contributed by atoms with Crippen molar-refractivity contribution >= 4 is 51.9 Å². The number of hydrogen-bond acceptors (Lipinski definition) is 4. The van der Waals surface area contributed by atoms with E-state index in [0.717, 1.165) is 49.9 Å². The van der Waals surface area contributed by atoms with Crippen LogP contribution in [0.5, 0.6) is 0 Å². The van der Waals surface area contributed by atoms with Gasteiger partial charge in [0.2, 0.25) is 0 Å². The molecule has 4 N–H and O–H groups in total. The highest BCUT2D eigenvalue weighted by atomic mass is 35.5. The molecule has 0 amide bonds. The lowest BCUT2D eigenvalue weighted by Gasteiger charge is -2.19. The summed E-state index contributed by atoms with van der Waals surface area (Å²) in [6.45, 7) is 2.42. The second-order valence-corrected chi connectivity index (χ2v) is 9.82. The number of rotatable bonds is 6. The van der Waals surface area contributed by atoms with Crippen molar-refractivity contribution in [3.8, 4) is 0 Å². The Kier molecular flexibility index (Phi) is 10.5. The van der Waals surface area contributed by atoms with E-state index in [1.54, 1.807) is 0 Å². The molecule has 0 bridgehead atoms. The van der Waals surface area contributed by atoms with Gasteiger partial charge in [0.25, 0.3) is 0 Å². The van der Waals surface area contributed by atoms with E-state index in [0.29, 0.717) is 12.6 Å². The molecule has 212 valence electrons. The van der Waals surface area contributed by atoms with Crippen LogP contribution in [0.3, 0.4) is 0 Å². The number of nitrogens with two attached hydrogens (primary N) is 1. The van der Waals surface area contributed by atoms with Crippen molar-refractivity contribution in [2.45, 2.75) is 44.4 Å². The molecule has 2 aliphatic carbocycles. The molecular formula is C26H24Cl3F6N3O. The van der Waals surface area contributed by atoms with E-state index in [9.17, 15) is 26.3 Å². The zero-order chi connectivity index (χ0) is 28.9. The maximum atomic E-state index is 13.6. The number of nitrogen functional groups attached to an aromatic ring is 1. The Morgan fingerprint density at radius 2 is 1.23 bits per heavy atom. The van der Waals surface area contributed by atoms with Gasteiger partial charge in [-0.2, -0.15) is 0 Å². The summed E-state index contributed by atoms with van der Waals surface area (Å²) in [6, 6.07) is 7.46. The number of benzene rings is 3. The zero-order valence-electron chi connectivity index (χ0n) is 20.5. The Bertz CT molecular complexity index is 1300. The maximum absolute atomic E-state index is 13.6. The summed E-state index contributed by atoms with van der Waals surface area (Å²) in [5.41, 5.74) is 4.89. The average molecular weight is 615 g/mol. The summed E-state index contributed by atoms with van der Waals surface area (Å²) in [5, 5.41) is 4.36. The van der Waals surface area contributed by atoms with Crippen LogP contribution in [0.2, 0.25) is 15.1 Å². The molecule has 0 aliphatic heterocycles. The smallest absolute Gasteiger partial charge is 0.167 e. The van der Waals surface area contributed by atoms with Crippen molar-refractivity contribution in [3.63, 3.8) is 0 Å². The first-order valence-corrected chi connectivity index (χ1v) is 12.9. The Labute approximate surface area is 236 Å². The third-order valence-corrected chi connectivity index (χ3v) is 6.60. The predicted molar refractivity (Wildman–Crippen MR) is 142 cm³/mol. The molecule has 4 nitrogen and oxygen atoms in total. The van der Waals surface area contributed by atoms with Crippen LogP contribution in [0.15, 0.2) is 36.4 Å². The lowest BCUT2D eigenvalue weighted by atomic mass is 10.3. The van der Waals surface area contributed by atoms with Gasteiger partial charge in [0.1, 0.15) is 38.2 Å². The van der Waals surface area contributed by atoms with E-state index < -0.39 is 55.7 Å². The first kappa shape index (κ1) is 31.0. The van der Waals surface area contributed by atoms with Crippen molar-refractivity contribution in [2.24, 2.45) is 0 Å². The topological polar surface area (TPSA) is 59.3 Å². The van der Waals surface area contributed by atoms with Crippen molar-refractivity contribution < 1.29 is 31.1 Å². The lowest BCUT2D eigenvalue weighted by molar-refractivity contribution is 0.0629. The summed E-state index contributed by atoms with van der Waals surface area (Å²) in [4.78, 5) is 0. The van der Waals surface area contributed by atoms with Crippen molar-refractivity contribution in [1.82, 2.24) is 0 Å². The van der Waals surface area contributed by atoms with Gasteiger partial charge >= 0.3 is 0 Å². The molecule has 0 atom stereocenters. The van der Waals surface area contributed by atoms with Gasteiger partial charge in [-0.25, -0.2) is 26.3 Å². The van der Waals surface area contributed by atoms with Crippen LogP contribution >= 0.6 is 34.8 Å². The van der Waals surface area contributed by atoms with Crippen LogP contribution in [0.4, 0.5) is 43.4 Å². The van der Waals surface area contributed by atoms with Gasteiger partial charge in [-0.1, -0.05) is 34.8 Å². The molecule has 3 aromatic rings. The Morgan fingerprint density at radius 3 is 1.69 bits per heavy atom. The molecule has 2 fully saturated rings. The first-order valence-electron chi connectivity index (χ1n) is 11.7. The van der Waals surface area contributed by atoms with Gasteiger partial charge in [-0.15, -0.1) is 0 Å². The highest BCUT2D eigenvalue weighted by molar-refractivity contribution is 6.31. The van der Waals surface area contributed by atoms with E-state index in [4.69, 9.17) is 45.3 Å². The number of anilines is 3. The van der Waals surface area contributed by atoms with Crippen LogP contribution in [0.1, 0.15) is 32.6 Å². The Balaban J connectivity index is 0.000000166. The summed E-state index contributed by atoms with van der Waals surface area (Å²) in [7, 11) is 0. The molecule has 2 saturated carbocycles. The molecule has 13 heteroatoms. The maximum Gasteiger partial charge on any atom is 0.167 e. The van der Waals surface area contributed by atoms with Gasteiger partial charge in [-0.05, 0) is 69.0 Å². The quantitative estimate of drug-likeness (QED) is 0.112. The fourth-order valence-corrected chi connectivity index (χ4v) is 3.69. The summed E-state index contributed by atoms with van der Waals surface area (Å²) >= 11 is 16.0. The normalized spacial score (nSPS) is 14.9. The molecule has 2 aliphatic rings. The van der Waals surface area contributed by atoms with Gasteiger partial charge in [0.05, 0.1) is 17.1 Å². The summed E-state index contributed by atoms with van der Waals surface area (Å²) < 4.78 is 82.7. The fourth-order valence-electron chi connectivity index (χ4n) is 3.19. The molecule has 3 aromatic carbocycles. The molecule has 0 radical (unpaired) electrons. The molecule has 0 aromatic heterocycles. The van der Waals surface area contributed by atoms with Gasteiger partial charge in [0, 0.05) is 12.6 Å². The summed E-state index contributed by atoms with van der Waals surface area (Å²) in [5.74, 6) is -4.65. The number of ether oxygens (including phenoxy) is 1. The van der Waals surface area contributed by atoms with E-state index >= 15 is 0 Å². The molecule has 39 heavy (non-hydrogen) atoms. The molecule has 0 spiro atoms.